The molecule has 0 bridgehead atoms. The lowest BCUT2D eigenvalue weighted by Gasteiger charge is -2.22. The molecule has 0 fully saturated rings. The first kappa shape index (κ1) is 18.2. The van der Waals surface area contributed by atoms with Gasteiger partial charge >= 0.3 is 0 Å². The van der Waals surface area contributed by atoms with Gasteiger partial charge in [-0.15, -0.1) is 0 Å². The Balaban J connectivity index is 2.15. The molecular weight excluding hydrogens is 348 g/mol. The number of rotatable bonds is 5. The number of benzene rings is 2. The fraction of sp³-hybridized carbons (Fsp3) is 0.238. The maximum atomic E-state index is 12.3. The maximum absolute atomic E-state index is 12.3. The third-order valence-electron chi connectivity index (χ3n) is 4.35. The zero-order chi connectivity index (χ0) is 18.7. The van der Waals surface area contributed by atoms with E-state index >= 15 is 0 Å². The number of carbonyl (C=O) groups is 1. The zero-order valence-corrected chi connectivity index (χ0v) is 15.5. The normalized spacial score (nSPS) is 12.1. The molecule has 0 saturated carbocycles. The van der Waals surface area contributed by atoms with Crippen molar-refractivity contribution in [3.8, 4) is 5.75 Å². The Morgan fingerprint density at radius 2 is 2.00 bits per heavy atom. The van der Waals surface area contributed by atoms with E-state index in [-0.39, 0.29) is 11.7 Å². The number of hydrogen-bond acceptors (Lipinski definition) is 3. The molecule has 3 rings (SSSR count). The van der Waals surface area contributed by atoms with Crippen molar-refractivity contribution in [1.82, 2.24) is 10.3 Å². The van der Waals surface area contributed by atoms with Crippen molar-refractivity contribution in [3.05, 3.63) is 70.4 Å². The Kier molecular flexibility index (Phi) is 5.43. The monoisotopic (exact) mass is 368 g/mol. The van der Waals surface area contributed by atoms with Crippen LogP contribution < -0.4 is 5.32 Å². The van der Waals surface area contributed by atoms with Gasteiger partial charge in [-0.2, -0.15) is 0 Å². The van der Waals surface area contributed by atoms with Gasteiger partial charge in [-0.3, -0.25) is 9.78 Å². The Bertz CT molecular complexity index is 939. The number of aromatic hydroxyl groups is 1. The summed E-state index contributed by atoms with van der Waals surface area (Å²) >= 11 is 6.42. The number of halogens is 1. The number of hydrogen-bond donors (Lipinski definition) is 2. The molecule has 4 nitrogen and oxygen atoms in total. The van der Waals surface area contributed by atoms with E-state index in [2.05, 4.69) is 10.3 Å². The van der Waals surface area contributed by atoms with Gasteiger partial charge in [0.1, 0.15) is 11.3 Å². The number of pyridine rings is 1. The number of amides is 1. The van der Waals surface area contributed by atoms with Gasteiger partial charge in [0.15, 0.2) is 0 Å². The number of fused-ring (bicyclic) bond motifs is 1. The van der Waals surface area contributed by atoms with Gasteiger partial charge in [0.25, 0.3) is 0 Å². The van der Waals surface area contributed by atoms with Crippen molar-refractivity contribution in [1.29, 1.82) is 0 Å². The van der Waals surface area contributed by atoms with E-state index in [1.807, 2.05) is 44.2 Å². The van der Waals surface area contributed by atoms with E-state index in [1.54, 1.807) is 18.3 Å². The average molecular weight is 369 g/mol. The summed E-state index contributed by atoms with van der Waals surface area (Å²) in [5.74, 6) is -0.0397. The Morgan fingerprint density at radius 1 is 1.27 bits per heavy atom. The summed E-state index contributed by atoms with van der Waals surface area (Å²) in [7, 11) is 0. The molecule has 0 radical (unpaired) electrons. The molecule has 26 heavy (non-hydrogen) atoms. The smallest absolute Gasteiger partial charge is 0.220 e. The number of phenols is 1. The van der Waals surface area contributed by atoms with Crippen molar-refractivity contribution in [3.63, 3.8) is 0 Å². The van der Waals surface area contributed by atoms with Crippen LogP contribution in [0.2, 0.25) is 5.02 Å². The van der Waals surface area contributed by atoms with E-state index in [1.165, 1.54) is 0 Å². The largest absolute Gasteiger partial charge is 0.505 e. The highest BCUT2D eigenvalue weighted by molar-refractivity contribution is 6.35. The standard InChI is InChI=1S/C21H21ClN2O2/c1-3-5-18(25)24-19(14-9-7-13(2)8-10-14)16-12-17(22)15-6-4-11-23-20(15)21(16)26/h4,6-12,19,26H,3,5H2,1-2H3,(H,24,25)/t19-/m1/s1. The van der Waals surface area contributed by atoms with Crippen LogP contribution in [0.25, 0.3) is 10.9 Å². The van der Waals surface area contributed by atoms with Gasteiger partial charge in [0.2, 0.25) is 5.91 Å². The third-order valence-corrected chi connectivity index (χ3v) is 4.66. The van der Waals surface area contributed by atoms with Crippen LogP contribution in [-0.2, 0) is 4.79 Å². The zero-order valence-electron chi connectivity index (χ0n) is 14.8. The van der Waals surface area contributed by atoms with Crippen molar-refractivity contribution in [2.75, 3.05) is 0 Å². The van der Waals surface area contributed by atoms with Crippen LogP contribution in [0.4, 0.5) is 0 Å². The maximum Gasteiger partial charge on any atom is 0.220 e. The summed E-state index contributed by atoms with van der Waals surface area (Å²) in [6, 6.07) is 12.6. The van der Waals surface area contributed by atoms with Crippen LogP contribution in [0.5, 0.6) is 5.75 Å². The fourth-order valence-corrected chi connectivity index (χ4v) is 3.26. The highest BCUT2D eigenvalue weighted by Gasteiger charge is 2.23. The highest BCUT2D eigenvalue weighted by atomic mass is 35.5. The van der Waals surface area contributed by atoms with Crippen LogP contribution in [0, 0.1) is 6.92 Å². The number of phenolic OH excluding ortho intramolecular Hbond substituents is 1. The second-order valence-corrected chi connectivity index (χ2v) is 6.76. The van der Waals surface area contributed by atoms with Crippen LogP contribution in [-0.4, -0.2) is 16.0 Å². The summed E-state index contributed by atoms with van der Waals surface area (Å²) in [4.78, 5) is 16.5. The minimum atomic E-state index is -0.501. The molecule has 0 aliphatic rings. The van der Waals surface area contributed by atoms with Crippen LogP contribution in [0.3, 0.4) is 0 Å². The van der Waals surface area contributed by atoms with Crippen molar-refractivity contribution < 1.29 is 9.90 Å². The molecule has 0 spiro atoms. The molecule has 0 aliphatic heterocycles. The number of nitrogens with zero attached hydrogens (tertiary/aromatic N) is 1. The average Bonchev–Trinajstić information content (AvgIpc) is 2.64. The number of nitrogens with one attached hydrogen (secondary N) is 1. The minimum Gasteiger partial charge on any atom is -0.505 e. The molecule has 3 aromatic rings. The second kappa shape index (κ2) is 7.75. The topological polar surface area (TPSA) is 62.2 Å². The van der Waals surface area contributed by atoms with Crippen molar-refractivity contribution in [2.24, 2.45) is 0 Å². The first-order valence-electron chi connectivity index (χ1n) is 8.63. The molecule has 134 valence electrons. The Morgan fingerprint density at radius 3 is 2.69 bits per heavy atom. The van der Waals surface area contributed by atoms with Gasteiger partial charge in [-0.25, -0.2) is 0 Å². The summed E-state index contributed by atoms with van der Waals surface area (Å²) in [5.41, 5.74) is 2.96. The molecule has 5 heteroatoms. The third kappa shape index (κ3) is 3.65. The van der Waals surface area contributed by atoms with E-state index in [9.17, 15) is 9.90 Å². The molecule has 1 heterocycles. The first-order valence-corrected chi connectivity index (χ1v) is 9.01. The first-order chi connectivity index (χ1) is 12.5. The number of aromatic nitrogens is 1. The molecule has 1 aromatic heterocycles. The predicted molar refractivity (Wildman–Crippen MR) is 104 cm³/mol. The quantitative estimate of drug-likeness (QED) is 0.672. The summed E-state index contributed by atoms with van der Waals surface area (Å²) in [5, 5.41) is 15.0. The molecule has 1 atom stereocenters. The lowest BCUT2D eigenvalue weighted by atomic mass is 9.95. The molecule has 0 unspecified atom stereocenters. The lowest BCUT2D eigenvalue weighted by molar-refractivity contribution is -0.121. The molecular formula is C21H21ClN2O2. The second-order valence-electron chi connectivity index (χ2n) is 6.36. The van der Waals surface area contributed by atoms with Gasteiger partial charge in [-0.1, -0.05) is 48.4 Å². The van der Waals surface area contributed by atoms with Crippen LogP contribution in [0.1, 0.15) is 42.5 Å². The van der Waals surface area contributed by atoms with Crippen LogP contribution >= 0.6 is 11.6 Å². The van der Waals surface area contributed by atoms with Crippen molar-refractivity contribution >= 4 is 28.4 Å². The molecule has 0 aliphatic carbocycles. The summed E-state index contributed by atoms with van der Waals surface area (Å²) < 4.78 is 0. The Labute approximate surface area is 157 Å². The van der Waals surface area contributed by atoms with Gasteiger partial charge in [-0.05, 0) is 37.1 Å². The van der Waals surface area contributed by atoms with Gasteiger partial charge in [0, 0.05) is 23.6 Å². The highest BCUT2D eigenvalue weighted by Crippen LogP contribution is 2.38. The van der Waals surface area contributed by atoms with E-state index in [0.29, 0.717) is 27.9 Å². The Hall–Kier alpha value is -2.59. The van der Waals surface area contributed by atoms with Crippen molar-refractivity contribution in [2.45, 2.75) is 32.7 Å². The number of carbonyl (C=O) groups excluding carboxylic acids is 1. The molecule has 2 aromatic carbocycles. The number of aryl methyl sites for hydroxylation is 1. The van der Waals surface area contributed by atoms with Gasteiger partial charge in [0.05, 0.1) is 11.1 Å². The van der Waals surface area contributed by atoms with Crippen LogP contribution in [0.15, 0.2) is 48.7 Å². The summed E-state index contributed by atoms with van der Waals surface area (Å²) in [6.07, 6.45) is 2.78. The molecule has 2 N–H and O–H groups in total. The van der Waals surface area contributed by atoms with E-state index < -0.39 is 6.04 Å². The van der Waals surface area contributed by atoms with E-state index in [4.69, 9.17) is 11.6 Å². The lowest BCUT2D eigenvalue weighted by Crippen LogP contribution is -2.29. The van der Waals surface area contributed by atoms with Gasteiger partial charge < -0.3 is 10.4 Å². The summed E-state index contributed by atoms with van der Waals surface area (Å²) in [6.45, 7) is 3.96. The molecule has 0 saturated heterocycles. The molecule has 1 amide bonds. The minimum absolute atomic E-state index is 0.0346. The van der Waals surface area contributed by atoms with E-state index in [0.717, 1.165) is 17.5 Å². The fourth-order valence-electron chi connectivity index (χ4n) is 2.99. The SMILES string of the molecule is CCCC(=O)N[C@H](c1ccc(C)cc1)c1cc(Cl)c2cccnc2c1O. The predicted octanol–water partition coefficient (Wildman–Crippen LogP) is 4.91.